The van der Waals surface area contributed by atoms with Gasteiger partial charge in [-0.1, -0.05) is 29.8 Å². The standard InChI is InChI=1S/C15H19N3/c1-11-4-6-14(7-5-11)12(2)18-13(3)15-10-16-8-9-17-15/h4-10,12-13,18H,1-3H3/t12-,13?/m0/s1. The molecule has 2 aromatic rings. The number of aryl methyl sites for hydroxylation is 1. The summed E-state index contributed by atoms with van der Waals surface area (Å²) in [5.41, 5.74) is 3.54. The summed E-state index contributed by atoms with van der Waals surface area (Å²) in [6.45, 7) is 6.37. The zero-order valence-electron chi connectivity index (χ0n) is 11.1. The molecule has 1 heterocycles. The molecule has 1 aromatic heterocycles. The SMILES string of the molecule is Cc1ccc([C@H](C)NC(C)c2cnccn2)cc1. The van der Waals surface area contributed by atoms with Gasteiger partial charge in [0.15, 0.2) is 0 Å². The summed E-state index contributed by atoms with van der Waals surface area (Å²) in [7, 11) is 0. The minimum absolute atomic E-state index is 0.190. The van der Waals surface area contributed by atoms with Crippen molar-refractivity contribution in [3.63, 3.8) is 0 Å². The smallest absolute Gasteiger partial charge is 0.0753 e. The maximum Gasteiger partial charge on any atom is 0.0753 e. The zero-order valence-corrected chi connectivity index (χ0v) is 11.1. The fourth-order valence-electron chi connectivity index (χ4n) is 1.95. The summed E-state index contributed by atoms with van der Waals surface area (Å²) < 4.78 is 0. The van der Waals surface area contributed by atoms with Gasteiger partial charge < -0.3 is 5.32 Å². The molecular weight excluding hydrogens is 222 g/mol. The highest BCUT2D eigenvalue weighted by Crippen LogP contribution is 2.17. The van der Waals surface area contributed by atoms with E-state index < -0.39 is 0 Å². The van der Waals surface area contributed by atoms with Gasteiger partial charge in [-0.25, -0.2) is 0 Å². The van der Waals surface area contributed by atoms with Crippen LogP contribution in [0, 0.1) is 6.92 Å². The molecule has 18 heavy (non-hydrogen) atoms. The van der Waals surface area contributed by atoms with E-state index in [2.05, 4.69) is 60.3 Å². The highest BCUT2D eigenvalue weighted by molar-refractivity contribution is 5.24. The summed E-state index contributed by atoms with van der Waals surface area (Å²) >= 11 is 0. The van der Waals surface area contributed by atoms with Gasteiger partial charge in [0.2, 0.25) is 0 Å². The Morgan fingerprint density at radius 1 is 1.00 bits per heavy atom. The van der Waals surface area contributed by atoms with E-state index in [4.69, 9.17) is 0 Å². The second-order valence-corrected chi connectivity index (χ2v) is 4.65. The molecule has 94 valence electrons. The van der Waals surface area contributed by atoms with Crippen LogP contribution in [0.4, 0.5) is 0 Å². The van der Waals surface area contributed by atoms with E-state index in [1.54, 1.807) is 18.6 Å². The molecule has 1 N–H and O–H groups in total. The number of aromatic nitrogens is 2. The molecular formula is C15H19N3. The molecule has 0 bridgehead atoms. The van der Waals surface area contributed by atoms with Crippen LogP contribution in [0.2, 0.25) is 0 Å². The lowest BCUT2D eigenvalue weighted by atomic mass is 10.1. The van der Waals surface area contributed by atoms with Gasteiger partial charge in [-0.3, -0.25) is 9.97 Å². The largest absolute Gasteiger partial charge is 0.302 e. The number of benzene rings is 1. The quantitative estimate of drug-likeness (QED) is 0.893. The Bertz CT molecular complexity index is 479. The Labute approximate surface area is 108 Å². The minimum atomic E-state index is 0.190. The van der Waals surface area contributed by atoms with Crippen LogP contribution in [0.15, 0.2) is 42.9 Å². The maximum absolute atomic E-state index is 4.31. The monoisotopic (exact) mass is 241 g/mol. The predicted octanol–water partition coefficient (Wildman–Crippen LogP) is 3.20. The summed E-state index contributed by atoms with van der Waals surface area (Å²) in [5, 5.41) is 3.53. The van der Waals surface area contributed by atoms with Crippen molar-refractivity contribution in [2.45, 2.75) is 32.9 Å². The fraction of sp³-hybridized carbons (Fsp3) is 0.333. The van der Waals surface area contributed by atoms with Crippen molar-refractivity contribution in [3.8, 4) is 0 Å². The predicted molar refractivity (Wildman–Crippen MR) is 73.2 cm³/mol. The molecule has 0 aliphatic carbocycles. The van der Waals surface area contributed by atoms with Crippen LogP contribution in [0.1, 0.15) is 42.8 Å². The van der Waals surface area contributed by atoms with E-state index in [-0.39, 0.29) is 6.04 Å². The zero-order chi connectivity index (χ0) is 13.0. The second kappa shape index (κ2) is 5.74. The van der Waals surface area contributed by atoms with Gasteiger partial charge in [-0.2, -0.15) is 0 Å². The van der Waals surface area contributed by atoms with E-state index in [1.165, 1.54) is 11.1 Å². The van der Waals surface area contributed by atoms with Crippen LogP contribution in [0.25, 0.3) is 0 Å². The Balaban J connectivity index is 2.03. The maximum atomic E-state index is 4.31. The molecule has 0 saturated carbocycles. The van der Waals surface area contributed by atoms with Gasteiger partial charge >= 0.3 is 0 Å². The molecule has 0 saturated heterocycles. The summed E-state index contributed by atoms with van der Waals surface area (Å²) in [4.78, 5) is 8.41. The first-order chi connectivity index (χ1) is 8.66. The second-order valence-electron chi connectivity index (χ2n) is 4.65. The molecule has 0 spiro atoms. The Morgan fingerprint density at radius 3 is 2.33 bits per heavy atom. The van der Waals surface area contributed by atoms with Crippen molar-refractivity contribution >= 4 is 0 Å². The van der Waals surface area contributed by atoms with E-state index >= 15 is 0 Å². The third kappa shape index (κ3) is 3.14. The minimum Gasteiger partial charge on any atom is -0.302 e. The van der Waals surface area contributed by atoms with Gasteiger partial charge in [0.25, 0.3) is 0 Å². The number of hydrogen-bond acceptors (Lipinski definition) is 3. The van der Waals surface area contributed by atoms with Crippen molar-refractivity contribution in [3.05, 3.63) is 59.7 Å². The van der Waals surface area contributed by atoms with Crippen LogP contribution in [0.5, 0.6) is 0 Å². The topological polar surface area (TPSA) is 37.8 Å². The summed E-state index contributed by atoms with van der Waals surface area (Å²) in [6.07, 6.45) is 5.23. The number of rotatable bonds is 4. The van der Waals surface area contributed by atoms with E-state index in [0.29, 0.717) is 6.04 Å². The lowest BCUT2D eigenvalue weighted by Crippen LogP contribution is -2.23. The van der Waals surface area contributed by atoms with Crippen molar-refractivity contribution in [1.29, 1.82) is 0 Å². The molecule has 0 radical (unpaired) electrons. The average Bonchev–Trinajstić information content (AvgIpc) is 2.40. The van der Waals surface area contributed by atoms with E-state index in [0.717, 1.165) is 5.69 Å². The van der Waals surface area contributed by atoms with Gasteiger partial charge in [0, 0.05) is 30.7 Å². The van der Waals surface area contributed by atoms with Crippen LogP contribution < -0.4 is 5.32 Å². The van der Waals surface area contributed by atoms with Crippen molar-refractivity contribution in [2.75, 3.05) is 0 Å². The van der Waals surface area contributed by atoms with Crippen molar-refractivity contribution in [2.24, 2.45) is 0 Å². The van der Waals surface area contributed by atoms with Crippen LogP contribution >= 0.6 is 0 Å². The van der Waals surface area contributed by atoms with Gasteiger partial charge in [-0.15, -0.1) is 0 Å². The van der Waals surface area contributed by atoms with Gasteiger partial charge in [0.05, 0.1) is 5.69 Å². The van der Waals surface area contributed by atoms with Crippen LogP contribution in [-0.4, -0.2) is 9.97 Å². The molecule has 0 fully saturated rings. The molecule has 1 unspecified atom stereocenters. The Morgan fingerprint density at radius 2 is 1.72 bits per heavy atom. The Hall–Kier alpha value is -1.74. The number of hydrogen-bond donors (Lipinski definition) is 1. The van der Waals surface area contributed by atoms with Crippen molar-refractivity contribution < 1.29 is 0 Å². The molecule has 1 aromatic carbocycles. The first-order valence-electron chi connectivity index (χ1n) is 6.25. The third-order valence-electron chi connectivity index (χ3n) is 3.10. The third-order valence-corrected chi connectivity index (χ3v) is 3.10. The van der Waals surface area contributed by atoms with Crippen molar-refractivity contribution in [1.82, 2.24) is 15.3 Å². The lowest BCUT2D eigenvalue weighted by Gasteiger charge is -2.19. The van der Waals surface area contributed by atoms with Gasteiger partial charge in [-0.05, 0) is 26.3 Å². The molecule has 0 aliphatic rings. The van der Waals surface area contributed by atoms with Gasteiger partial charge in [0.1, 0.15) is 0 Å². The molecule has 0 aliphatic heterocycles. The molecule has 3 heteroatoms. The first kappa shape index (κ1) is 12.7. The van der Waals surface area contributed by atoms with Crippen LogP contribution in [0.3, 0.4) is 0 Å². The number of nitrogens with zero attached hydrogens (tertiary/aromatic N) is 2. The van der Waals surface area contributed by atoms with E-state index in [9.17, 15) is 0 Å². The molecule has 2 rings (SSSR count). The molecule has 2 atom stereocenters. The highest BCUT2D eigenvalue weighted by atomic mass is 15.0. The fourth-order valence-corrected chi connectivity index (χ4v) is 1.95. The van der Waals surface area contributed by atoms with Crippen LogP contribution in [-0.2, 0) is 0 Å². The molecule has 0 amide bonds. The first-order valence-corrected chi connectivity index (χ1v) is 6.25. The average molecular weight is 241 g/mol. The Kier molecular flexibility index (Phi) is 4.05. The normalized spacial score (nSPS) is 14.2. The lowest BCUT2D eigenvalue weighted by molar-refractivity contribution is 0.485. The summed E-state index contributed by atoms with van der Waals surface area (Å²) in [6, 6.07) is 9.09. The number of nitrogens with one attached hydrogen (secondary N) is 1. The summed E-state index contributed by atoms with van der Waals surface area (Å²) in [5.74, 6) is 0. The van der Waals surface area contributed by atoms with E-state index in [1.807, 2.05) is 0 Å². The highest BCUT2D eigenvalue weighted by Gasteiger charge is 2.11. The molecule has 3 nitrogen and oxygen atoms in total.